The molecule has 1 spiro atoms. The quantitative estimate of drug-likeness (QED) is 0.156. The summed E-state index contributed by atoms with van der Waals surface area (Å²) in [5.74, 6) is 2.55. The van der Waals surface area contributed by atoms with Crippen LogP contribution < -0.4 is 0 Å². The first-order valence-corrected chi connectivity index (χ1v) is 23.6. The van der Waals surface area contributed by atoms with Gasteiger partial charge in [0.2, 0.25) is 0 Å². The average Bonchev–Trinajstić information content (AvgIpc) is 3.69. The van der Waals surface area contributed by atoms with Crippen LogP contribution >= 0.6 is 0 Å². The third kappa shape index (κ3) is 7.47. The Morgan fingerprint density at radius 2 is 1.26 bits per heavy atom. The molecule has 9 N–H and O–H groups in total. The Kier molecular flexibility index (Phi) is 12.8. The van der Waals surface area contributed by atoms with Crippen molar-refractivity contribution in [3.63, 3.8) is 0 Å². The Bertz CT molecular complexity index is 1570. The van der Waals surface area contributed by atoms with E-state index in [9.17, 15) is 46.0 Å². The minimum absolute atomic E-state index is 0.157. The number of rotatable bonds is 7. The van der Waals surface area contributed by atoms with Gasteiger partial charge in [-0.3, -0.25) is 0 Å². The summed E-state index contributed by atoms with van der Waals surface area (Å²) in [5, 5.41) is 98.0. The number of hydrogen-bond acceptors (Lipinski definition) is 17. The van der Waals surface area contributed by atoms with Crippen molar-refractivity contribution >= 4 is 0 Å². The lowest BCUT2D eigenvalue weighted by atomic mass is 9.44. The van der Waals surface area contributed by atoms with Gasteiger partial charge in [0, 0.05) is 12.3 Å². The van der Waals surface area contributed by atoms with Gasteiger partial charge in [-0.25, -0.2) is 0 Å². The molecule has 4 aliphatic carbocycles. The molecular weight excluding hydrogens is 812 g/mol. The third-order valence-electron chi connectivity index (χ3n) is 18.2. The van der Waals surface area contributed by atoms with Crippen molar-refractivity contribution in [1.29, 1.82) is 0 Å². The summed E-state index contributed by atoms with van der Waals surface area (Å²) in [6.45, 7) is 12.5. The van der Waals surface area contributed by atoms with Crippen LogP contribution in [0.2, 0.25) is 0 Å². The molecule has 9 rings (SSSR count). The van der Waals surface area contributed by atoms with E-state index in [2.05, 4.69) is 27.7 Å². The number of aliphatic hydroxyl groups excluding tert-OH is 9. The van der Waals surface area contributed by atoms with E-state index in [-0.39, 0.29) is 22.9 Å². The maximum absolute atomic E-state index is 12.1. The van der Waals surface area contributed by atoms with Gasteiger partial charge in [-0.05, 0) is 112 Å². The Balaban J connectivity index is 0.915. The first-order chi connectivity index (χ1) is 29.3. The number of ether oxygens (including phenoxy) is 8. The van der Waals surface area contributed by atoms with Gasteiger partial charge in [-0.2, -0.15) is 0 Å². The molecule has 0 radical (unpaired) electrons. The monoisotopic (exact) mass is 886 g/mol. The summed E-state index contributed by atoms with van der Waals surface area (Å²) in [6.07, 6.45) is -15.4. The van der Waals surface area contributed by atoms with Gasteiger partial charge < -0.3 is 83.9 Å². The molecule has 5 heterocycles. The Morgan fingerprint density at radius 1 is 0.613 bits per heavy atom. The fourth-order valence-electron chi connectivity index (χ4n) is 14.6. The molecule has 356 valence electrons. The Labute approximate surface area is 364 Å². The van der Waals surface area contributed by atoms with Gasteiger partial charge in [0.05, 0.1) is 43.7 Å². The zero-order chi connectivity index (χ0) is 44.4. The first-order valence-electron chi connectivity index (χ1n) is 23.6. The summed E-state index contributed by atoms with van der Waals surface area (Å²) in [7, 11) is 0. The van der Waals surface area contributed by atoms with E-state index in [0.717, 1.165) is 51.6 Å². The zero-order valence-electron chi connectivity index (χ0n) is 37.0. The summed E-state index contributed by atoms with van der Waals surface area (Å²) >= 11 is 0. The van der Waals surface area contributed by atoms with E-state index in [1.807, 2.05) is 0 Å². The van der Waals surface area contributed by atoms with Gasteiger partial charge in [0.1, 0.15) is 61.0 Å². The molecule has 0 aromatic rings. The number of aliphatic hydroxyl groups is 9. The van der Waals surface area contributed by atoms with E-state index in [4.69, 9.17) is 37.9 Å². The maximum atomic E-state index is 12.1. The zero-order valence-corrected chi connectivity index (χ0v) is 37.0. The second-order valence-corrected chi connectivity index (χ2v) is 21.6. The predicted octanol–water partition coefficient (Wildman–Crippen LogP) is 0.292. The van der Waals surface area contributed by atoms with Crippen LogP contribution in [0.3, 0.4) is 0 Å². The van der Waals surface area contributed by atoms with E-state index in [1.54, 1.807) is 0 Å². The largest absolute Gasteiger partial charge is 0.394 e. The highest BCUT2D eigenvalue weighted by Gasteiger charge is 2.69. The molecule has 0 amide bonds. The summed E-state index contributed by atoms with van der Waals surface area (Å²) in [5.41, 5.74) is 0.000556. The van der Waals surface area contributed by atoms with Crippen molar-refractivity contribution in [2.45, 2.75) is 216 Å². The van der Waals surface area contributed by atoms with Crippen LogP contribution in [0.1, 0.15) is 99.3 Å². The van der Waals surface area contributed by atoms with Gasteiger partial charge in [-0.1, -0.05) is 27.7 Å². The van der Waals surface area contributed by atoms with Crippen LogP contribution in [0.15, 0.2) is 0 Å². The molecule has 17 nitrogen and oxygen atoms in total. The minimum Gasteiger partial charge on any atom is -0.394 e. The molecule has 28 atom stereocenters. The van der Waals surface area contributed by atoms with Crippen molar-refractivity contribution in [3.05, 3.63) is 0 Å². The highest BCUT2D eigenvalue weighted by molar-refractivity contribution is 5.16. The minimum atomic E-state index is -1.75. The fourth-order valence-corrected chi connectivity index (χ4v) is 14.6. The van der Waals surface area contributed by atoms with Crippen molar-refractivity contribution in [2.24, 2.45) is 52.3 Å². The van der Waals surface area contributed by atoms with Crippen molar-refractivity contribution in [2.75, 3.05) is 13.2 Å². The topological polar surface area (TPSA) is 256 Å². The molecule has 0 aromatic carbocycles. The molecule has 62 heavy (non-hydrogen) atoms. The highest BCUT2D eigenvalue weighted by atomic mass is 16.8. The molecule has 6 unspecified atom stereocenters. The maximum Gasteiger partial charge on any atom is 0.187 e. The van der Waals surface area contributed by atoms with Crippen LogP contribution in [0.25, 0.3) is 0 Å². The summed E-state index contributed by atoms with van der Waals surface area (Å²) < 4.78 is 49.9. The smallest absolute Gasteiger partial charge is 0.187 e. The van der Waals surface area contributed by atoms with Crippen LogP contribution in [0.4, 0.5) is 0 Å². The lowest BCUT2D eigenvalue weighted by Crippen LogP contribution is -2.67. The molecule has 0 aromatic heterocycles. The number of fused-ring (bicyclic) bond motifs is 7. The van der Waals surface area contributed by atoms with Gasteiger partial charge >= 0.3 is 0 Å². The first kappa shape index (κ1) is 46.4. The van der Waals surface area contributed by atoms with Crippen LogP contribution in [-0.4, -0.2) is 175 Å². The van der Waals surface area contributed by atoms with E-state index in [0.29, 0.717) is 48.3 Å². The molecule has 9 fully saturated rings. The van der Waals surface area contributed by atoms with E-state index >= 15 is 0 Å². The lowest BCUT2D eigenvalue weighted by Gasteiger charge is -2.62. The van der Waals surface area contributed by atoms with Crippen LogP contribution in [-0.2, 0) is 37.9 Å². The number of hydrogen-bond donors (Lipinski definition) is 9. The fraction of sp³-hybridized carbons (Fsp3) is 1.00. The van der Waals surface area contributed by atoms with Gasteiger partial charge in [0.15, 0.2) is 24.7 Å². The summed E-state index contributed by atoms with van der Waals surface area (Å²) in [4.78, 5) is 0. The Morgan fingerprint density at radius 3 is 1.87 bits per heavy atom. The summed E-state index contributed by atoms with van der Waals surface area (Å²) in [6, 6.07) is 0. The van der Waals surface area contributed by atoms with Crippen LogP contribution in [0, 0.1) is 52.3 Å². The molecule has 17 heteroatoms. The van der Waals surface area contributed by atoms with Crippen LogP contribution in [0.5, 0.6) is 0 Å². The van der Waals surface area contributed by atoms with Gasteiger partial charge in [0.25, 0.3) is 0 Å². The molecule has 5 aliphatic heterocycles. The van der Waals surface area contributed by atoms with E-state index < -0.39 is 117 Å². The second kappa shape index (κ2) is 17.1. The van der Waals surface area contributed by atoms with Crippen molar-refractivity contribution in [1.82, 2.24) is 0 Å². The molecular formula is C45H74O17. The molecule has 0 bridgehead atoms. The third-order valence-corrected chi connectivity index (χ3v) is 18.2. The lowest BCUT2D eigenvalue weighted by molar-refractivity contribution is -0.391. The second-order valence-electron chi connectivity index (χ2n) is 21.6. The van der Waals surface area contributed by atoms with Crippen molar-refractivity contribution in [3.8, 4) is 0 Å². The van der Waals surface area contributed by atoms with Crippen molar-refractivity contribution < 1.29 is 83.9 Å². The molecule has 9 aliphatic rings. The average molecular weight is 887 g/mol. The molecule has 5 saturated heterocycles. The normalized spacial score (nSPS) is 60.1. The van der Waals surface area contributed by atoms with Gasteiger partial charge in [-0.15, -0.1) is 0 Å². The highest BCUT2D eigenvalue weighted by Crippen LogP contribution is 2.71. The predicted molar refractivity (Wildman–Crippen MR) is 214 cm³/mol. The molecule has 4 saturated carbocycles. The SMILES string of the molecule is CC1C2C(CC3C4CC[C@H]5C[C@@H](O[C@@H]6O[C@H](CO)[C@@H](O[C@@H]7O[C@@H](C)[C@@H](O)[C@@H](O)[C@H]7O)[C@H](O)[C@H]6O[C@@H]6O[C@@H](C)[C@H](O)[C@@H](O)[C@H]6O)[C@H](O)C[C@]5(C)C4CC[C@@]32C)O[C@]12CC[C@H](C)CO2. The standard InChI is InChI=1S/C45H74O17/c1-18-9-12-45(55-17-18)19(2)30-28(62-45)14-25-23-8-7-22-13-27(26(47)15-44(22,6)24(23)10-11-43(25,30)5)58-42-39(61-41-36(53)34(51)32(49)21(4)57-41)37(54)38(29(16-46)59-42)60-40-35(52)33(50)31(48)20(3)56-40/h18-42,46-54H,7-17H2,1-6H3/t18-,19?,20-,21-,22-,23?,24?,25?,26+,27+,28?,29+,30?,31+,32-,33+,34+,35+,36+,37-,38+,39+,40-,41-,42+,43-,44-,45+/m0/s1. The Hall–Kier alpha value is -0.680. The van der Waals surface area contributed by atoms with E-state index in [1.165, 1.54) is 13.8 Å².